The highest BCUT2D eigenvalue weighted by Gasteiger charge is 2.33. The van der Waals surface area contributed by atoms with E-state index in [0.717, 1.165) is 26.9 Å². The summed E-state index contributed by atoms with van der Waals surface area (Å²) in [4.78, 5) is 13.1. The van der Waals surface area contributed by atoms with Gasteiger partial charge in [-0.15, -0.1) is 0 Å². The summed E-state index contributed by atoms with van der Waals surface area (Å²) in [7, 11) is -3.59. The third kappa shape index (κ3) is 4.47. The number of amides is 1. The van der Waals surface area contributed by atoms with Gasteiger partial charge in [-0.05, 0) is 69.0 Å². The number of nitrogens with one attached hydrogen (secondary N) is 1. The minimum Gasteiger partial charge on any atom is -0.325 e. The second-order valence-electron chi connectivity index (χ2n) is 7.42. The fourth-order valence-corrected chi connectivity index (χ4v) is 5.78. The first-order chi connectivity index (χ1) is 13.2. The minimum atomic E-state index is -3.59. The van der Waals surface area contributed by atoms with Crippen LogP contribution < -0.4 is 5.32 Å². The van der Waals surface area contributed by atoms with Gasteiger partial charge in [0.25, 0.3) is 0 Å². The Morgan fingerprint density at radius 2 is 1.71 bits per heavy atom. The SMILES string of the molecule is Cc1ccc(S(=O)(=O)N2CCC[C@H](C(=O)Nc3c(C)cc(Br)cc3C)C2)cc1. The van der Waals surface area contributed by atoms with Gasteiger partial charge in [-0.2, -0.15) is 4.31 Å². The van der Waals surface area contributed by atoms with Crippen molar-refractivity contribution in [1.82, 2.24) is 4.31 Å². The van der Waals surface area contributed by atoms with Gasteiger partial charge >= 0.3 is 0 Å². The third-order valence-corrected chi connectivity index (χ3v) is 7.50. The highest BCUT2D eigenvalue weighted by Crippen LogP contribution is 2.28. The van der Waals surface area contributed by atoms with Crippen LogP contribution in [0.4, 0.5) is 5.69 Å². The van der Waals surface area contributed by atoms with Crippen molar-refractivity contribution < 1.29 is 13.2 Å². The summed E-state index contributed by atoms with van der Waals surface area (Å²) < 4.78 is 28.3. The van der Waals surface area contributed by atoms with Gasteiger partial charge in [0, 0.05) is 23.2 Å². The Bertz CT molecular complexity index is 964. The summed E-state index contributed by atoms with van der Waals surface area (Å²) in [6.45, 7) is 6.46. The quantitative estimate of drug-likeness (QED) is 0.728. The van der Waals surface area contributed by atoms with E-state index < -0.39 is 10.0 Å². The monoisotopic (exact) mass is 464 g/mol. The van der Waals surface area contributed by atoms with Gasteiger partial charge in [0.15, 0.2) is 0 Å². The highest BCUT2D eigenvalue weighted by molar-refractivity contribution is 9.10. The van der Waals surface area contributed by atoms with Gasteiger partial charge in [-0.25, -0.2) is 8.42 Å². The Labute approximate surface area is 175 Å². The molecule has 1 aliphatic heterocycles. The Morgan fingerprint density at radius 1 is 1.11 bits per heavy atom. The van der Waals surface area contributed by atoms with Crippen molar-refractivity contribution in [3.05, 3.63) is 57.6 Å². The molecule has 2 aromatic rings. The molecular formula is C21H25BrN2O3S. The molecule has 1 N–H and O–H groups in total. The Morgan fingerprint density at radius 3 is 2.32 bits per heavy atom. The summed E-state index contributed by atoms with van der Waals surface area (Å²) in [5.74, 6) is -0.492. The lowest BCUT2D eigenvalue weighted by molar-refractivity contribution is -0.120. The van der Waals surface area contributed by atoms with E-state index in [1.807, 2.05) is 32.9 Å². The first kappa shape index (κ1) is 21.0. The number of halogens is 1. The summed E-state index contributed by atoms with van der Waals surface area (Å²) in [5.41, 5.74) is 3.75. The van der Waals surface area contributed by atoms with Crippen LogP contribution in [0.5, 0.6) is 0 Å². The number of hydrogen-bond acceptors (Lipinski definition) is 3. The summed E-state index contributed by atoms with van der Waals surface area (Å²) in [5, 5.41) is 3.01. The number of nitrogens with zero attached hydrogens (tertiary/aromatic N) is 1. The van der Waals surface area contributed by atoms with Crippen molar-refractivity contribution >= 4 is 37.5 Å². The number of carbonyl (C=O) groups is 1. The van der Waals surface area contributed by atoms with Crippen molar-refractivity contribution in [2.45, 2.75) is 38.5 Å². The number of benzene rings is 2. The molecule has 1 heterocycles. The van der Waals surface area contributed by atoms with Crippen molar-refractivity contribution in [3.63, 3.8) is 0 Å². The summed E-state index contributed by atoms with van der Waals surface area (Å²) in [6, 6.07) is 10.8. The third-order valence-electron chi connectivity index (χ3n) is 5.16. The predicted octanol–water partition coefficient (Wildman–Crippen LogP) is 4.41. The fourth-order valence-electron chi connectivity index (χ4n) is 3.57. The zero-order valence-corrected chi connectivity index (χ0v) is 18.7. The van der Waals surface area contributed by atoms with E-state index in [1.54, 1.807) is 24.3 Å². The molecule has 1 aliphatic rings. The molecule has 0 aliphatic carbocycles. The van der Waals surface area contributed by atoms with Crippen LogP contribution in [0.25, 0.3) is 0 Å². The van der Waals surface area contributed by atoms with Gasteiger partial charge in [-0.1, -0.05) is 33.6 Å². The normalized spacial score (nSPS) is 18.1. The molecule has 5 nitrogen and oxygen atoms in total. The first-order valence-electron chi connectivity index (χ1n) is 9.33. The number of hydrogen-bond donors (Lipinski definition) is 1. The van der Waals surface area contributed by atoms with E-state index in [2.05, 4.69) is 21.2 Å². The lowest BCUT2D eigenvalue weighted by atomic mass is 9.98. The van der Waals surface area contributed by atoms with Gasteiger partial charge < -0.3 is 5.32 Å². The standard InChI is InChI=1S/C21H25BrN2O3S/c1-14-6-8-19(9-7-14)28(26,27)24-10-4-5-17(13-24)21(25)23-20-15(2)11-18(22)12-16(20)3/h6-9,11-12,17H,4-5,10,13H2,1-3H3,(H,23,25)/t17-/m0/s1. The van der Waals surface area contributed by atoms with Crippen molar-refractivity contribution in [2.75, 3.05) is 18.4 Å². The first-order valence-corrected chi connectivity index (χ1v) is 11.6. The number of anilines is 1. The van der Waals surface area contributed by atoms with Crippen molar-refractivity contribution in [2.24, 2.45) is 5.92 Å². The smallest absolute Gasteiger partial charge is 0.243 e. The van der Waals surface area contributed by atoms with Gasteiger partial charge in [0.2, 0.25) is 15.9 Å². The summed E-state index contributed by atoms with van der Waals surface area (Å²) in [6.07, 6.45) is 1.35. The van der Waals surface area contributed by atoms with E-state index in [-0.39, 0.29) is 23.3 Å². The fraction of sp³-hybridized carbons (Fsp3) is 0.381. The molecule has 150 valence electrons. The molecule has 2 aromatic carbocycles. The molecular weight excluding hydrogens is 440 g/mol. The maximum Gasteiger partial charge on any atom is 0.243 e. The minimum absolute atomic E-state index is 0.127. The molecule has 28 heavy (non-hydrogen) atoms. The molecule has 0 unspecified atom stereocenters. The number of piperidine rings is 1. The summed E-state index contributed by atoms with van der Waals surface area (Å²) >= 11 is 3.46. The van der Waals surface area contributed by atoms with Gasteiger partial charge in [0.05, 0.1) is 10.8 Å². The average Bonchev–Trinajstić information content (AvgIpc) is 2.65. The number of rotatable bonds is 4. The maximum absolute atomic E-state index is 13.0. The largest absolute Gasteiger partial charge is 0.325 e. The van der Waals surface area contributed by atoms with Crippen LogP contribution in [-0.2, 0) is 14.8 Å². The van der Waals surface area contributed by atoms with Gasteiger partial charge in [-0.3, -0.25) is 4.79 Å². The van der Waals surface area contributed by atoms with Crippen molar-refractivity contribution in [3.8, 4) is 0 Å². The maximum atomic E-state index is 13.0. The molecule has 0 radical (unpaired) electrons. The molecule has 1 amide bonds. The van der Waals surface area contributed by atoms with Crippen LogP contribution >= 0.6 is 15.9 Å². The predicted molar refractivity (Wildman–Crippen MR) is 115 cm³/mol. The van der Waals surface area contributed by atoms with Crippen LogP contribution in [0, 0.1) is 26.7 Å². The number of aryl methyl sites for hydroxylation is 3. The van der Waals surface area contributed by atoms with E-state index in [0.29, 0.717) is 19.4 Å². The average molecular weight is 465 g/mol. The Hall–Kier alpha value is -1.70. The molecule has 0 spiro atoms. The lowest BCUT2D eigenvalue weighted by Gasteiger charge is -2.31. The van der Waals surface area contributed by atoms with Crippen molar-refractivity contribution in [1.29, 1.82) is 0 Å². The number of sulfonamides is 1. The van der Waals surface area contributed by atoms with Crippen LogP contribution in [-0.4, -0.2) is 31.7 Å². The molecule has 7 heteroatoms. The molecule has 3 rings (SSSR count). The van der Waals surface area contributed by atoms with Crippen LogP contribution in [0.15, 0.2) is 45.8 Å². The number of carbonyl (C=O) groups excluding carboxylic acids is 1. The van der Waals surface area contributed by atoms with Crippen LogP contribution in [0.2, 0.25) is 0 Å². The zero-order valence-electron chi connectivity index (χ0n) is 16.3. The second kappa shape index (κ2) is 8.35. The molecule has 1 atom stereocenters. The topological polar surface area (TPSA) is 66.5 Å². The zero-order chi connectivity index (χ0) is 20.5. The highest BCUT2D eigenvalue weighted by atomic mass is 79.9. The molecule has 1 fully saturated rings. The Kier molecular flexibility index (Phi) is 6.27. The second-order valence-corrected chi connectivity index (χ2v) is 10.3. The van der Waals surface area contributed by atoms with E-state index in [4.69, 9.17) is 0 Å². The molecule has 1 saturated heterocycles. The van der Waals surface area contributed by atoms with E-state index in [9.17, 15) is 13.2 Å². The van der Waals surface area contributed by atoms with E-state index >= 15 is 0 Å². The van der Waals surface area contributed by atoms with Gasteiger partial charge in [0.1, 0.15) is 0 Å². The lowest BCUT2D eigenvalue weighted by Crippen LogP contribution is -2.43. The molecule has 0 aromatic heterocycles. The molecule has 0 saturated carbocycles. The Balaban J connectivity index is 1.76. The van der Waals surface area contributed by atoms with Crippen LogP contribution in [0.1, 0.15) is 29.5 Å². The van der Waals surface area contributed by atoms with E-state index in [1.165, 1.54) is 4.31 Å². The van der Waals surface area contributed by atoms with Crippen LogP contribution in [0.3, 0.4) is 0 Å². The molecule has 0 bridgehead atoms.